The lowest BCUT2D eigenvalue weighted by Gasteiger charge is -2.04. The molecule has 21 heavy (non-hydrogen) atoms. The van der Waals surface area contributed by atoms with Crippen LogP contribution in [0.2, 0.25) is 0 Å². The monoisotopic (exact) mass is 326 g/mol. The molecule has 0 radical (unpaired) electrons. The molecule has 0 saturated carbocycles. The van der Waals surface area contributed by atoms with Crippen molar-refractivity contribution in [3.8, 4) is 0 Å². The van der Waals surface area contributed by atoms with Gasteiger partial charge in [0.1, 0.15) is 6.61 Å². The van der Waals surface area contributed by atoms with E-state index < -0.39 is 24.8 Å². The van der Waals surface area contributed by atoms with E-state index in [1.165, 1.54) is 17.4 Å². The minimum Gasteiger partial charge on any atom is -0.374 e. The normalized spacial score (nSPS) is 12.3. The molecule has 2 rings (SSSR count). The van der Waals surface area contributed by atoms with Crippen LogP contribution in [0.15, 0.2) is 18.2 Å². The van der Waals surface area contributed by atoms with Gasteiger partial charge in [0.25, 0.3) is 6.43 Å². The molecule has 0 unspecified atom stereocenters. The lowest BCUT2D eigenvalue weighted by atomic mass is 10.2. The Morgan fingerprint density at radius 1 is 1.29 bits per heavy atom. The average Bonchev–Trinajstić information content (AvgIpc) is 2.78. The molecular formula is C12H11F5N2OS. The summed E-state index contributed by atoms with van der Waals surface area (Å²) >= 11 is 1.19. The number of halogens is 5. The molecule has 0 bridgehead atoms. The van der Waals surface area contributed by atoms with Crippen molar-refractivity contribution in [3.63, 3.8) is 0 Å². The van der Waals surface area contributed by atoms with Crippen molar-refractivity contribution in [2.24, 2.45) is 0 Å². The quantitative estimate of drug-likeness (QED) is 0.643. The van der Waals surface area contributed by atoms with Gasteiger partial charge in [0, 0.05) is 6.54 Å². The van der Waals surface area contributed by atoms with Crippen molar-refractivity contribution >= 4 is 26.7 Å². The number of rotatable bonds is 6. The van der Waals surface area contributed by atoms with Gasteiger partial charge in [-0.1, -0.05) is 11.3 Å². The molecule has 0 saturated heterocycles. The molecule has 1 heterocycles. The topological polar surface area (TPSA) is 34.1 Å². The fourth-order valence-electron chi connectivity index (χ4n) is 1.58. The van der Waals surface area contributed by atoms with Gasteiger partial charge in [-0.2, -0.15) is 13.2 Å². The molecule has 3 nitrogen and oxygen atoms in total. The van der Waals surface area contributed by atoms with Gasteiger partial charge >= 0.3 is 6.18 Å². The van der Waals surface area contributed by atoms with Crippen LogP contribution in [0.1, 0.15) is 5.56 Å². The number of hydrogen-bond acceptors (Lipinski definition) is 4. The first-order valence-corrected chi connectivity index (χ1v) is 6.75. The van der Waals surface area contributed by atoms with E-state index in [0.717, 1.165) is 12.1 Å². The molecule has 1 aromatic heterocycles. The smallest absolute Gasteiger partial charge is 0.374 e. The number of aromatic nitrogens is 1. The Morgan fingerprint density at radius 3 is 2.71 bits per heavy atom. The number of nitrogens with zero attached hydrogens (tertiary/aromatic N) is 1. The first-order valence-electron chi connectivity index (χ1n) is 5.94. The summed E-state index contributed by atoms with van der Waals surface area (Å²) in [5.41, 5.74) is -0.516. The SMILES string of the molecule is FC(F)COCCNc1nc2cc(C(F)(F)F)ccc2s1. The van der Waals surface area contributed by atoms with Crippen LogP contribution in [-0.4, -0.2) is 31.2 Å². The molecule has 116 valence electrons. The van der Waals surface area contributed by atoms with Crippen molar-refractivity contribution in [1.29, 1.82) is 0 Å². The van der Waals surface area contributed by atoms with Crippen LogP contribution >= 0.6 is 11.3 Å². The van der Waals surface area contributed by atoms with Gasteiger partial charge in [-0.25, -0.2) is 13.8 Å². The van der Waals surface area contributed by atoms with Gasteiger partial charge in [0.2, 0.25) is 0 Å². The number of alkyl halides is 5. The predicted molar refractivity (Wildman–Crippen MR) is 69.9 cm³/mol. The zero-order valence-corrected chi connectivity index (χ0v) is 11.4. The van der Waals surface area contributed by atoms with Crippen LogP contribution in [0.25, 0.3) is 10.2 Å². The highest BCUT2D eigenvalue weighted by atomic mass is 32.1. The summed E-state index contributed by atoms with van der Waals surface area (Å²) in [5, 5.41) is 3.24. The molecule has 0 aliphatic heterocycles. The number of ether oxygens (including phenoxy) is 1. The second kappa shape index (κ2) is 6.52. The molecule has 0 amide bonds. The van der Waals surface area contributed by atoms with E-state index in [-0.39, 0.29) is 18.7 Å². The summed E-state index contributed by atoms with van der Waals surface area (Å²) in [7, 11) is 0. The lowest BCUT2D eigenvalue weighted by molar-refractivity contribution is -0.137. The Balaban J connectivity index is 1.96. The third-order valence-electron chi connectivity index (χ3n) is 2.48. The van der Waals surface area contributed by atoms with Crippen LogP contribution in [0.4, 0.5) is 27.1 Å². The molecule has 0 aliphatic rings. The van der Waals surface area contributed by atoms with Crippen molar-refractivity contribution < 1.29 is 26.7 Å². The van der Waals surface area contributed by atoms with E-state index in [9.17, 15) is 22.0 Å². The van der Waals surface area contributed by atoms with Gasteiger partial charge in [-0.15, -0.1) is 0 Å². The first-order chi connectivity index (χ1) is 9.86. The number of benzene rings is 1. The minimum atomic E-state index is -4.41. The highest BCUT2D eigenvalue weighted by molar-refractivity contribution is 7.22. The fraction of sp³-hybridized carbons (Fsp3) is 0.417. The van der Waals surface area contributed by atoms with Crippen molar-refractivity contribution in [1.82, 2.24) is 4.98 Å². The number of fused-ring (bicyclic) bond motifs is 1. The molecule has 0 aliphatic carbocycles. The van der Waals surface area contributed by atoms with Gasteiger partial charge in [0.05, 0.1) is 22.4 Å². The number of hydrogen-bond donors (Lipinski definition) is 1. The van der Waals surface area contributed by atoms with Crippen molar-refractivity contribution in [2.45, 2.75) is 12.6 Å². The Bertz CT molecular complexity index is 599. The first kappa shape index (κ1) is 15.9. The van der Waals surface area contributed by atoms with Crippen LogP contribution in [0, 0.1) is 0 Å². The van der Waals surface area contributed by atoms with Gasteiger partial charge < -0.3 is 10.1 Å². The Labute approximate surface area is 120 Å². The standard InChI is InChI=1S/C12H11F5N2OS/c13-10(14)6-20-4-3-18-11-19-8-5-7(12(15,16)17)1-2-9(8)21-11/h1-2,5,10H,3-4,6H2,(H,18,19). The Kier molecular flexibility index (Phi) is 4.94. The van der Waals surface area contributed by atoms with E-state index in [4.69, 9.17) is 0 Å². The van der Waals surface area contributed by atoms with E-state index in [1.54, 1.807) is 0 Å². The number of nitrogens with one attached hydrogen (secondary N) is 1. The van der Waals surface area contributed by atoms with Crippen LogP contribution in [0.3, 0.4) is 0 Å². The van der Waals surface area contributed by atoms with Crippen LogP contribution in [0.5, 0.6) is 0 Å². The van der Waals surface area contributed by atoms with E-state index >= 15 is 0 Å². The maximum absolute atomic E-state index is 12.6. The minimum absolute atomic E-state index is 0.0636. The van der Waals surface area contributed by atoms with Gasteiger partial charge in [-0.05, 0) is 18.2 Å². The average molecular weight is 326 g/mol. The van der Waals surface area contributed by atoms with Crippen LogP contribution < -0.4 is 5.32 Å². The molecule has 1 aromatic carbocycles. The second-order valence-corrected chi connectivity index (χ2v) is 5.12. The Hall–Kier alpha value is -1.48. The predicted octanol–water partition coefficient (Wildman–Crippen LogP) is 4.01. The Morgan fingerprint density at radius 2 is 2.05 bits per heavy atom. The maximum atomic E-state index is 12.6. The second-order valence-electron chi connectivity index (χ2n) is 4.09. The largest absolute Gasteiger partial charge is 0.416 e. The summed E-state index contributed by atoms with van der Waals surface area (Å²) in [6.45, 7) is -0.330. The zero-order valence-electron chi connectivity index (χ0n) is 10.6. The third-order valence-corrected chi connectivity index (χ3v) is 3.48. The van der Waals surface area contributed by atoms with Crippen LogP contribution in [-0.2, 0) is 10.9 Å². The summed E-state index contributed by atoms with van der Waals surface area (Å²) in [6.07, 6.45) is -6.93. The summed E-state index contributed by atoms with van der Waals surface area (Å²) < 4.78 is 66.6. The molecule has 9 heteroatoms. The molecule has 0 fully saturated rings. The summed E-state index contributed by atoms with van der Waals surface area (Å²) in [6, 6.07) is 3.33. The van der Waals surface area contributed by atoms with Crippen molar-refractivity contribution in [3.05, 3.63) is 23.8 Å². The highest BCUT2D eigenvalue weighted by Crippen LogP contribution is 2.33. The number of thiazole rings is 1. The van der Waals surface area contributed by atoms with E-state index in [2.05, 4.69) is 15.0 Å². The van der Waals surface area contributed by atoms with Gasteiger partial charge in [0.15, 0.2) is 5.13 Å². The highest BCUT2D eigenvalue weighted by Gasteiger charge is 2.30. The lowest BCUT2D eigenvalue weighted by Crippen LogP contribution is -2.12. The van der Waals surface area contributed by atoms with Gasteiger partial charge in [-0.3, -0.25) is 0 Å². The molecule has 0 atom stereocenters. The molecule has 1 N–H and O–H groups in total. The zero-order chi connectivity index (χ0) is 15.5. The maximum Gasteiger partial charge on any atom is 0.416 e. The fourth-order valence-corrected chi connectivity index (χ4v) is 2.45. The van der Waals surface area contributed by atoms with E-state index in [1.807, 2.05) is 0 Å². The summed E-state index contributed by atoms with van der Waals surface area (Å²) in [5.74, 6) is 0. The molecule has 0 spiro atoms. The third kappa shape index (κ3) is 4.50. The van der Waals surface area contributed by atoms with E-state index in [0.29, 0.717) is 9.83 Å². The number of anilines is 1. The molecule has 2 aromatic rings. The summed E-state index contributed by atoms with van der Waals surface area (Å²) in [4.78, 5) is 4.02. The molecular weight excluding hydrogens is 315 g/mol. The van der Waals surface area contributed by atoms with Crippen molar-refractivity contribution in [2.75, 3.05) is 25.1 Å².